The van der Waals surface area contributed by atoms with Gasteiger partial charge in [-0.3, -0.25) is 4.68 Å². The van der Waals surface area contributed by atoms with Crippen LogP contribution in [-0.2, 0) is 18.2 Å². The minimum Gasteiger partial charge on any atom is -0.381 e. The molecular weight excluding hydrogens is 202 g/mol. The number of hydrogen-bond donors (Lipinski definition) is 1. The highest BCUT2D eigenvalue weighted by molar-refractivity contribution is 5.05. The van der Waals surface area contributed by atoms with E-state index in [9.17, 15) is 0 Å². The van der Waals surface area contributed by atoms with Crippen LogP contribution in [0.1, 0.15) is 19.0 Å². The van der Waals surface area contributed by atoms with Crippen LogP contribution in [0.15, 0.2) is 12.3 Å². The largest absolute Gasteiger partial charge is 0.381 e. The molecule has 0 saturated carbocycles. The first-order valence-electron chi connectivity index (χ1n) is 6.01. The smallest absolute Gasteiger partial charge is 0.0631 e. The van der Waals surface area contributed by atoms with Crippen LogP contribution in [0.4, 0.5) is 0 Å². The van der Waals surface area contributed by atoms with Crippen LogP contribution in [0.5, 0.6) is 0 Å². The van der Waals surface area contributed by atoms with Crippen molar-refractivity contribution in [3.8, 4) is 0 Å². The van der Waals surface area contributed by atoms with Crippen molar-refractivity contribution in [3.63, 3.8) is 0 Å². The molecule has 4 nitrogen and oxygen atoms in total. The first kappa shape index (κ1) is 11.6. The first-order valence-corrected chi connectivity index (χ1v) is 6.01. The minimum absolute atomic E-state index is 0.254. The van der Waals surface area contributed by atoms with E-state index in [1.807, 2.05) is 17.9 Å². The Labute approximate surface area is 97.0 Å². The maximum absolute atomic E-state index is 5.56. The van der Waals surface area contributed by atoms with Gasteiger partial charge in [0.1, 0.15) is 0 Å². The summed E-state index contributed by atoms with van der Waals surface area (Å²) >= 11 is 0. The fraction of sp³-hybridized carbons (Fsp3) is 0.750. The fourth-order valence-corrected chi connectivity index (χ4v) is 2.32. The summed E-state index contributed by atoms with van der Waals surface area (Å²) in [5.74, 6) is 0. The molecule has 1 fully saturated rings. The molecule has 4 heteroatoms. The molecule has 1 unspecified atom stereocenters. The molecule has 1 saturated heterocycles. The molecule has 1 atom stereocenters. The normalized spacial score (nSPS) is 25.1. The van der Waals surface area contributed by atoms with E-state index in [4.69, 9.17) is 4.74 Å². The molecule has 0 spiro atoms. The molecular formula is C12H21N3O. The highest BCUT2D eigenvalue weighted by atomic mass is 16.5. The third kappa shape index (κ3) is 2.62. The second kappa shape index (κ2) is 4.97. The summed E-state index contributed by atoms with van der Waals surface area (Å²) in [6, 6.07) is 2.10. The number of rotatable bonds is 5. The number of nitrogens with zero attached hydrogens (tertiary/aromatic N) is 2. The van der Waals surface area contributed by atoms with Crippen LogP contribution in [0, 0.1) is 5.41 Å². The maximum atomic E-state index is 5.56. The van der Waals surface area contributed by atoms with Gasteiger partial charge in [0.15, 0.2) is 0 Å². The molecule has 0 aromatic carbocycles. The number of ether oxygens (including phenoxy) is 1. The lowest BCUT2D eigenvalue weighted by Gasteiger charge is -2.26. The Morgan fingerprint density at radius 3 is 3.06 bits per heavy atom. The van der Waals surface area contributed by atoms with E-state index in [1.165, 1.54) is 5.69 Å². The van der Waals surface area contributed by atoms with Crippen molar-refractivity contribution in [1.29, 1.82) is 0 Å². The molecule has 2 rings (SSSR count). The fourth-order valence-electron chi connectivity index (χ4n) is 2.32. The Hall–Kier alpha value is -0.870. The summed E-state index contributed by atoms with van der Waals surface area (Å²) in [4.78, 5) is 0. The quantitative estimate of drug-likeness (QED) is 0.808. The highest BCUT2D eigenvalue weighted by Crippen LogP contribution is 2.31. The molecule has 1 aromatic rings. The van der Waals surface area contributed by atoms with Gasteiger partial charge in [0, 0.05) is 38.2 Å². The maximum Gasteiger partial charge on any atom is 0.0631 e. The van der Waals surface area contributed by atoms with E-state index in [0.29, 0.717) is 0 Å². The monoisotopic (exact) mass is 223 g/mol. The van der Waals surface area contributed by atoms with Crippen molar-refractivity contribution >= 4 is 0 Å². The molecule has 1 aliphatic heterocycles. The zero-order valence-corrected chi connectivity index (χ0v) is 10.2. The van der Waals surface area contributed by atoms with E-state index in [0.717, 1.165) is 39.1 Å². The zero-order chi connectivity index (χ0) is 11.4. The van der Waals surface area contributed by atoms with E-state index >= 15 is 0 Å². The molecule has 1 aliphatic rings. The molecule has 16 heavy (non-hydrogen) atoms. The van der Waals surface area contributed by atoms with Gasteiger partial charge in [-0.15, -0.1) is 0 Å². The van der Waals surface area contributed by atoms with Crippen LogP contribution in [0.25, 0.3) is 0 Å². The Bertz CT molecular complexity index is 329. The van der Waals surface area contributed by atoms with Gasteiger partial charge in [0.2, 0.25) is 0 Å². The van der Waals surface area contributed by atoms with E-state index in [-0.39, 0.29) is 5.41 Å². The number of aromatic nitrogens is 2. The van der Waals surface area contributed by atoms with Crippen LogP contribution in [0.2, 0.25) is 0 Å². The summed E-state index contributed by atoms with van der Waals surface area (Å²) in [7, 11) is 1.96. The van der Waals surface area contributed by atoms with Crippen LogP contribution >= 0.6 is 0 Å². The topological polar surface area (TPSA) is 39.1 Å². The lowest BCUT2D eigenvalue weighted by molar-refractivity contribution is 0.149. The van der Waals surface area contributed by atoms with Gasteiger partial charge in [-0.25, -0.2) is 0 Å². The van der Waals surface area contributed by atoms with Crippen molar-refractivity contribution in [1.82, 2.24) is 15.1 Å². The summed E-state index contributed by atoms with van der Waals surface area (Å²) < 4.78 is 7.43. The number of hydrogen-bond acceptors (Lipinski definition) is 3. The van der Waals surface area contributed by atoms with Gasteiger partial charge in [-0.05, 0) is 19.0 Å². The van der Waals surface area contributed by atoms with Gasteiger partial charge in [0.25, 0.3) is 0 Å². The average molecular weight is 223 g/mol. The Morgan fingerprint density at radius 2 is 2.50 bits per heavy atom. The van der Waals surface area contributed by atoms with Crippen molar-refractivity contribution in [3.05, 3.63) is 18.0 Å². The van der Waals surface area contributed by atoms with Crippen LogP contribution in [-0.4, -0.2) is 36.1 Å². The SMILES string of the molecule is CCNCC1(Cc2ccn(C)n2)CCOC1. The predicted molar refractivity (Wildman–Crippen MR) is 63.3 cm³/mol. The lowest BCUT2D eigenvalue weighted by Crippen LogP contribution is -2.36. The summed E-state index contributed by atoms with van der Waals surface area (Å²) in [5, 5.41) is 7.90. The Balaban J connectivity index is 2.02. The number of aryl methyl sites for hydroxylation is 1. The second-order valence-corrected chi connectivity index (χ2v) is 4.74. The standard InChI is InChI=1S/C12H21N3O/c1-3-13-9-12(5-7-16-10-12)8-11-4-6-15(2)14-11/h4,6,13H,3,5,7-10H2,1-2H3. The van der Waals surface area contributed by atoms with E-state index in [2.05, 4.69) is 23.4 Å². The molecule has 0 radical (unpaired) electrons. The van der Waals surface area contributed by atoms with Gasteiger partial charge >= 0.3 is 0 Å². The first-order chi connectivity index (χ1) is 7.74. The van der Waals surface area contributed by atoms with E-state index < -0.39 is 0 Å². The van der Waals surface area contributed by atoms with Gasteiger partial charge < -0.3 is 10.1 Å². The summed E-state index contributed by atoms with van der Waals surface area (Å²) in [6.45, 7) is 5.93. The minimum atomic E-state index is 0.254. The summed E-state index contributed by atoms with van der Waals surface area (Å²) in [6.07, 6.45) is 4.16. The Kier molecular flexibility index (Phi) is 3.61. The zero-order valence-electron chi connectivity index (χ0n) is 10.2. The Morgan fingerprint density at radius 1 is 1.62 bits per heavy atom. The molecule has 0 aliphatic carbocycles. The van der Waals surface area contributed by atoms with Crippen molar-refractivity contribution in [2.45, 2.75) is 19.8 Å². The molecule has 2 heterocycles. The highest BCUT2D eigenvalue weighted by Gasteiger charge is 2.35. The van der Waals surface area contributed by atoms with Gasteiger partial charge in [-0.2, -0.15) is 5.10 Å². The predicted octanol–water partition coefficient (Wildman–Crippen LogP) is 0.979. The average Bonchev–Trinajstić information content (AvgIpc) is 2.87. The third-order valence-electron chi connectivity index (χ3n) is 3.26. The molecule has 0 amide bonds. The van der Waals surface area contributed by atoms with Gasteiger partial charge in [0.05, 0.1) is 12.3 Å². The van der Waals surface area contributed by atoms with Crippen LogP contribution in [0.3, 0.4) is 0 Å². The van der Waals surface area contributed by atoms with Crippen molar-refractivity contribution in [2.24, 2.45) is 12.5 Å². The van der Waals surface area contributed by atoms with Crippen molar-refractivity contribution in [2.75, 3.05) is 26.3 Å². The van der Waals surface area contributed by atoms with Crippen LogP contribution < -0.4 is 5.32 Å². The van der Waals surface area contributed by atoms with E-state index in [1.54, 1.807) is 0 Å². The molecule has 0 bridgehead atoms. The number of nitrogens with one attached hydrogen (secondary N) is 1. The lowest BCUT2D eigenvalue weighted by atomic mass is 9.82. The third-order valence-corrected chi connectivity index (χ3v) is 3.26. The summed E-state index contributed by atoms with van der Waals surface area (Å²) in [5.41, 5.74) is 1.43. The molecule has 1 aromatic heterocycles. The van der Waals surface area contributed by atoms with Crippen molar-refractivity contribution < 1.29 is 4.74 Å². The van der Waals surface area contributed by atoms with Gasteiger partial charge in [-0.1, -0.05) is 6.92 Å². The molecule has 90 valence electrons. The second-order valence-electron chi connectivity index (χ2n) is 4.74. The molecule has 1 N–H and O–H groups in total.